The summed E-state index contributed by atoms with van der Waals surface area (Å²) in [6.07, 6.45) is 6.74. The van der Waals surface area contributed by atoms with Gasteiger partial charge < -0.3 is 24.2 Å². The Morgan fingerprint density at radius 1 is 1.16 bits per heavy atom. The Hall–Kier alpha value is -2.99. The molecule has 2 amide bonds. The summed E-state index contributed by atoms with van der Waals surface area (Å²) in [5.41, 5.74) is 2.15. The zero-order valence-electron chi connectivity index (χ0n) is 21.3. The van der Waals surface area contributed by atoms with E-state index in [2.05, 4.69) is 15.6 Å². The number of hydrogen-bond acceptors (Lipinski definition) is 8. The molecule has 1 unspecified atom stereocenters. The van der Waals surface area contributed by atoms with E-state index >= 15 is 0 Å². The van der Waals surface area contributed by atoms with Gasteiger partial charge in [0.1, 0.15) is 23.7 Å². The molecule has 0 bridgehead atoms. The smallest absolute Gasteiger partial charge is 0.410 e. The van der Waals surface area contributed by atoms with Crippen LogP contribution in [0.5, 0.6) is 5.75 Å². The highest BCUT2D eigenvalue weighted by molar-refractivity contribution is 7.79. The van der Waals surface area contributed by atoms with Gasteiger partial charge in [-0.05, 0) is 73.9 Å². The molecule has 1 aromatic carbocycles. The van der Waals surface area contributed by atoms with E-state index in [1.807, 2.05) is 24.3 Å². The largest absolute Gasteiger partial charge is 0.771 e. The summed E-state index contributed by atoms with van der Waals surface area (Å²) in [6, 6.07) is 7.69. The van der Waals surface area contributed by atoms with E-state index in [9.17, 15) is 18.4 Å². The van der Waals surface area contributed by atoms with Gasteiger partial charge in [0.25, 0.3) is 0 Å². The number of rotatable bonds is 9. The molecule has 202 valence electrons. The number of carbonyl (C=O) groups is 2. The van der Waals surface area contributed by atoms with E-state index in [1.54, 1.807) is 23.7 Å². The maximum atomic E-state index is 12.5. The first-order valence-corrected chi connectivity index (χ1v) is 13.9. The lowest BCUT2D eigenvalue weighted by Crippen LogP contribution is -2.37. The van der Waals surface area contributed by atoms with Gasteiger partial charge in [-0.2, -0.15) is 0 Å². The molecule has 3 atom stereocenters. The minimum atomic E-state index is -2.31. The second-order valence-corrected chi connectivity index (χ2v) is 10.6. The molecule has 1 aromatic heterocycles. The van der Waals surface area contributed by atoms with Gasteiger partial charge in [0, 0.05) is 31.6 Å². The van der Waals surface area contributed by atoms with Gasteiger partial charge in [-0.3, -0.25) is 9.00 Å². The molecule has 0 spiro atoms. The number of hydrogen-bond donors (Lipinski definition) is 1. The molecule has 0 saturated heterocycles. The van der Waals surface area contributed by atoms with Gasteiger partial charge in [-0.1, -0.05) is 18.1 Å². The van der Waals surface area contributed by atoms with Crippen LogP contribution in [-0.4, -0.2) is 65.7 Å². The average molecular weight is 533 g/mol. The molecule has 4 rings (SSSR count). The summed E-state index contributed by atoms with van der Waals surface area (Å²) >= 11 is -2.31. The minimum Gasteiger partial charge on any atom is -0.771 e. The van der Waals surface area contributed by atoms with Crippen molar-refractivity contribution in [2.75, 3.05) is 12.9 Å². The highest BCUT2D eigenvalue weighted by atomic mass is 32.2. The zero-order valence-corrected chi connectivity index (χ0v) is 22.1. The Labute approximate surface area is 219 Å². The van der Waals surface area contributed by atoms with Crippen LogP contribution in [0.15, 0.2) is 24.3 Å². The highest BCUT2D eigenvalue weighted by Crippen LogP contribution is 2.30. The summed E-state index contributed by atoms with van der Waals surface area (Å²) in [6.45, 7) is 0.0679. The fourth-order valence-corrected chi connectivity index (χ4v) is 5.34. The SMILES string of the molecule is CN(C(=O)OCc1c(-c2ccc(O[C@H]3CCC[C@H](C(=O)NCS(=O)[O-])C3)cc2)nnn1C)C1CCCC1. The van der Waals surface area contributed by atoms with Gasteiger partial charge in [0.2, 0.25) is 5.91 Å². The number of nitrogens with one attached hydrogen (secondary N) is 1. The zero-order chi connectivity index (χ0) is 26.4. The van der Waals surface area contributed by atoms with Crippen LogP contribution in [-0.2, 0) is 34.3 Å². The monoisotopic (exact) mass is 532 g/mol. The molecule has 0 aliphatic heterocycles. The van der Waals surface area contributed by atoms with Crippen molar-refractivity contribution in [3.63, 3.8) is 0 Å². The lowest BCUT2D eigenvalue weighted by molar-refractivity contribution is -0.126. The lowest BCUT2D eigenvalue weighted by atomic mass is 9.86. The fraction of sp³-hybridized carbons (Fsp3) is 0.600. The Morgan fingerprint density at radius 2 is 1.89 bits per heavy atom. The van der Waals surface area contributed by atoms with Crippen LogP contribution in [0.25, 0.3) is 11.3 Å². The Balaban J connectivity index is 1.34. The fourth-order valence-electron chi connectivity index (χ4n) is 5.08. The normalized spacial score (nSPS) is 20.8. The summed E-state index contributed by atoms with van der Waals surface area (Å²) in [7, 11) is 3.55. The van der Waals surface area contributed by atoms with Gasteiger partial charge in [-0.15, -0.1) is 5.10 Å². The Bertz CT molecular complexity index is 1100. The number of ether oxygens (including phenoxy) is 2. The highest BCUT2D eigenvalue weighted by Gasteiger charge is 2.29. The van der Waals surface area contributed by atoms with E-state index in [4.69, 9.17) is 9.47 Å². The second kappa shape index (κ2) is 12.5. The van der Waals surface area contributed by atoms with Crippen LogP contribution in [0.1, 0.15) is 57.1 Å². The summed E-state index contributed by atoms with van der Waals surface area (Å²) < 4.78 is 34.7. The van der Waals surface area contributed by atoms with Crippen LogP contribution in [0.2, 0.25) is 0 Å². The van der Waals surface area contributed by atoms with Crippen molar-refractivity contribution < 1.29 is 27.8 Å². The summed E-state index contributed by atoms with van der Waals surface area (Å²) in [5, 5.41) is 10.8. The minimum absolute atomic E-state index is 0.0679. The first-order chi connectivity index (χ1) is 17.8. The van der Waals surface area contributed by atoms with Crippen molar-refractivity contribution in [3.05, 3.63) is 30.0 Å². The first-order valence-electron chi connectivity index (χ1n) is 12.7. The molecule has 2 aliphatic rings. The molecule has 0 radical (unpaired) electrons. The molecule has 2 fully saturated rings. The molecular weight excluding hydrogens is 498 g/mol. The van der Waals surface area contributed by atoms with Crippen molar-refractivity contribution >= 4 is 23.1 Å². The predicted molar refractivity (Wildman–Crippen MR) is 135 cm³/mol. The maximum absolute atomic E-state index is 12.5. The number of benzene rings is 1. The van der Waals surface area contributed by atoms with Crippen LogP contribution >= 0.6 is 0 Å². The second-order valence-electron chi connectivity index (χ2n) is 9.73. The third kappa shape index (κ3) is 7.07. The standard InChI is InChI=1S/C25H35N5O6S/c1-29(19-7-3-4-8-19)25(32)35-15-22-23(27-28-30(22)2)17-10-12-20(13-11-17)36-21-9-5-6-18(14-21)24(31)26-16-37(33)34/h10-13,18-19,21H,3-9,14-16H2,1-2H3,(H,26,31)(H,33,34)/p-1/t18-,21-/m0/s1. The van der Waals surface area contributed by atoms with Crippen LogP contribution in [0.3, 0.4) is 0 Å². The molecule has 37 heavy (non-hydrogen) atoms. The third-order valence-electron chi connectivity index (χ3n) is 7.23. The molecule has 2 aromatic rings. The van der Waals surface area contributed by atoms with Gasteiger partial charge in [-0.25, -0.2) is 9.48 Å². The Kier molecular flexibility index (Phi) is 9.14. The van der Waals surface area contributed by atoms with Crippen LogP contribution < -0.4 is 10.1 Å². The van der Waals surface area contributed by atoms with Crippen LogP contribution in [0, 0.1) is 5.92 Å². The van der Waals surface area contributed by atoms with Crippen molar-refractivity contribution in [3.8, 4) is 17.0 Å². The van der Waals surface area contributed by atoms with Gasteiger partial charge in [0.05, 0.1) is 12.0 Å². The van der Waals surface area contributed by atoms with Crippen molar-refractivity contribution in [2.24, 2.45) is 13.0 Å². The number of amides is 2. The molecule has 11 nitrogen and oxygen atoms in total. The van der Waals surface area contributed by atoms with Crippen molar-refractivity contribution in [1.82, 2.24) is 25.2 Å². The van der Waals surface area contributed by atoms with Crippen LogP contribution in [0.4, 0.5) is 4.79 Å². The number of aryl methyl sites for hydroxylation is 1. The van der Waals surface area contributed by atoms with E-state index in [0.29, 0.717) is 30.0 Å². The van der Waals surface area contributed by atoms with Gasteiger partial charge >= 0.3 is 6.09 Å². The quantitative estimate of drug-likeness (QED) is 0.487. The molecule has 1 heterocycles. The first kappa shape index (κ1) is 27.1. The summed E-state index contributed by atoms with van der Waals surface area (Å²) in [4.78, 5) is 26.5. The molecule has 1 N–H and O–H groups in total. The topological polar surface area (TPSA) is 139 Å². The van der Waals surface area contributed by atoms with E-state index in [-0.39, 0.29) is 42.5 Å². The average Bonchev–Trinajstić information content (AvgIpc) is 3.56. The van der Waals surface area contributed by atoms with E-state index in [1.165, 1.54) is 0 Å². The van der Waals surface area contributed by atoms with Crippen molar-refractivity contribution in [2.45, 2.75) is 70.1 Å². The summed E-state index contributed by atoms with van der Waals surface area (Å²) in [5.74, 6) is -0.217. The maximum Gasteiger partial charge on any atom is 0.410 e. The van der Waals surface area contributed by atoms with E-state index < -0.39 is 11.1 Å². The lowest BCUT2D eigenvalue weighted by Gasteiger charge is -2.29. The van der Waals surface area contributed by atoms with Crippen molar-refractivity contribution in [1.29, 1.82) is 0 Å². The molecular formula is C25H34N5O6S-. The number of nitrogens with zero attached hydrogens (tertiary/aromatic N) is 4. The predicted octanol–water partition coefficient (Wildman–Crippen LogP) is 2.88. The Morgan fingerprint density at radius 3 is 2.59 bits per heavy atom. The van der Waals surface area contributed by atoms with E-state index in [0.717, 1.165) is 44.1 Å². The van der Waals surface area contributed by atoms with Gasteiger partial charge in [0.15, 0.2) is 0 Å². The molecule has 2 saturated carbocycles. The molecule has 12 heteroatoms. The number of carbonyl (C=O) groups excluding carboxylic acids is 2. The third-order valence-corrected chi connectivity index (χ3v) is 7.61. The number of aromatic nitrogens is 3. The molecule has 2 aliphatic carbocycles.